The molecule has 0 aliphatic carbocycles. The van der Waals surface area contributed by atoms with Crippen molar-refractivity contribution in [1.29, 1.82) is 0 Å². The number of carbonyl (C=O) groups is 1. The van der Waals surface area contributed by atoms with Gasteiger partial charge < -0.3 is 9.73 Å². The topological polar surface area (TPSA) is 62.6 Å². The van der Waals surface area contributed by atoms with Crippen LogP contribution in [0.5, 0.6) is 0 Å². The van der Waals surface area contributed by atoms with Crippen molar-refractivity contribution >= 4 is 28.5 Å². The Bertz CT molecular complexity index is 1060. The number of likely N-dealkylation sites (N-methyl/N-ethyl adjacent to an activating group) is 1. The Kier molecular flexibility index (Phi) is 6.72. The van der Waals surface area contributed by atoms with E-state index in [1.165, 1.54) is 6.07 Å². The fourth-order valence-electron chi connectivity index (χ4n) is 3.46. The summed E-state index contributed by atoms with van der Waals surface area (Å²) < 4.78 is 5.71. The summed E-state index contributed by atoms with van der Waals surface area (Å²) in [7, 11) is 0. The number of amides is 1. The number of hydrogen-bond acceptors (Lipinski definition) is 4. The maximum atomic E-state index is 12.7. The van der Waals surface area contributed by atoms with Gasteiger partial charge in [0.15, 0.2) is 11.2 Å². The van der Waals surface area contributed by atoms with E-state index in [0.717, 1.165) is 24.2 Å². The molecule has 0 saturated carbocycles. The van der Waals surface area contributed by atoms with E-state index < -0.39 is 5.91 Å². The summed E-state index contributed by atoms with van der Waals surface area (Å²) in [5.74, 6) is -0.416. The molecule has 1 aromatic heterocycles. The fraction of sp³-hybridized carbons (Fsp3) is 0.304. The van der Waals surface area contributed by atoms with Gasteiger partial charge in [-0.2, -0.15) is 0 Å². The quantitative estimate of drug-likeness (QED) is 0.617. The Labute approximate surface area is 175 Å². The molecule has 0 fully saturated rings. The molecular formula is C23H25ClN2O3. The van der Waals surface area contributed by atoms with Gasteiger partial charge in [-0.05, 0) is 43.3 Å². The zero-order chi connectivity index (χ0) is 21.0. The SMILES string of the molecule is CCN(CC)[C@@H](CNC(=O)c1cc(=O)c2cc(Cl)c(C)cc2o1)c1ccccc1. The summed E-state index contributed by atoms with van der Waals surface area (Å²) in [5, 5.41) is 3.78. The molecule has 5 nitrogen and oxygen atoms in total. The average molecular weight is 413 g/mol. The highest BCUT2D eigenvalue weighted by Crippen LogP contribution is 2.23. The van der Waals surface area contributed by atoms with E-state index in [9.17, 15) is 9.59 Å². The van der Waals surface area contributed by atoms with E-state index in [0.29, 0.717) is 22.5 Å². The summed E-state index contributed by atoms with van der Waals surface area (Å²) in [4.78, 5) is 27.4. The van der Waals surface area contributed by atoms with Crippen molar-refractivity contribution in [3.63, 3.8) is 0 Å². The van der Waals surface area contributed by atoms with Gasteiger partial charge in [0.2, 0.25) is 0 Å². The minimum atomic E-state index is -0.412. The van der Waals surface area contributed by atoms with E-state index in [1.54, 1.807) is 12.1 Å². The number of nitrogens with zero attached hydrogens (tertiary/aromatic N) is 1. The predicted molar refractivity (Wildman–Crippen MR) is 117 cm³/mol. The second kappa shape index (κ2) is 9.25. The van der Waals surface area contributed by atoms with Crippen LogP contribution in [-0.4, -0.2) is 30.4 Å². The summed E-state index contributed by atoms with van der Waals surface area (Å²) in [6.45, 7) is 8.14. The van der Waals surface area contributed by atoms with Gasteiger partial charge in [0.25, 0.3) is 5.91 Å². The third-order valence-corrected chi connectivity index (χ3v) is 5.53. The molecule has 1 amide bonds. The van der Waals surface area contributed by atoms with Gasteiger partial charge in [0.05, 0.1) is 11.4 Å². The molecule has 3 rings (SSSR count). The van der Waals surface area contributed by atoms with Gasteiger partial charge >= 0.3 is 0 Å². The Hall–Kier alpha value is -2.63. The standard InChI is InChI=1S/C23H25ClN2O3/c1-4-26(5-2)19(16-9-7-6-8-10-16)14-25-23(28)22-13-20(27)17-12-18(24)15(3)11-21(17)29-22/h6-13,19H,4-5,14H2,1-3H3,(H,25,28)/t19-/m0/s1. The lowest BCUT2D eigenvalue weighted by Crippen LogP contribution is -2.38. The number of rotatable bonds is 7. The number of fused-ring (bicyclic) bond motifs is 1. The minimum Gasteiger partial charge on any atom is -0.451 e. The van der Waals surface area contributed by atoms with Gasteiger partial charge in [0, 0.05) is 17.6 Å². The highest BCUT2D eigenvalue weighted by molar-refractivity contribution is 6.32. The molecule has 0 bridgehead atoms. The second-order valence-corrected chi connectivity index (χ2v) is 7.34. The first-order valence-corrected chi connectivity index (χ1v) is 10.1. The van der Waals surface area contributed by atoms with E-state index in [4.69, 9.17) is 16.0 Å². The van der Waals surface area contributed by atoms with Crippen molar-refractivity contribution in [2.24, 2.45) is 0 Å². The molecule has 2 aromatic carbocycles. The number of carbonyl (C=O) groups excluding carboxylic acids is 1. The summed E-state index contributed by atoms with van der Waals surface area (Å²) >= 11 is 6.10. The molecule has 1 atom stereocenters. The Morgan fingerprint density at radius 2 is 1.83 bits per heavy atom. The van der Waals surface area contributed by atoms with Crippen LogP contribution < -0.4 is 10.7 Å². The van der Waals surface area contributed by atoms with Crippen LogP contribution in [0.2, 0.25) is 5.02 Å². The van der Waals surface area contributed by atoms with Crippen LogP contribution in [0.25, 0.3) is 11.0 Å². The van der Waals surface area contributed by atoms with Crippen molar-refractivity contribution in [3.05, 3.63) is 80.7 Å². The first kappa shape index (κ1) is 21.1. The van der Waals surface area contributed by atoms with Crippen LogP contribution in [0.4, 0.5) is 0 Å². The average Bonchev–Trinajstić information content (AvgIpc) is 2.73. The predicted octanol–water partition coefficient (Wildman–Crippen LogP) is 4.57. The van der Waals surface area contributed by atoms with Crippen LogP contribution in [0, 0.1) is 6.92 Å². The third kappa shape index (κ3) is 4.69. The van der Waals surface area contributed by atoms with Gasteiger partial charge in [-0.15, -0.1) is 0 Å². The van der Waals surface area contributed by atoms with Gasteiger partial charge in [-0.25, -0.2) is 0 Å². The number of aryl methyl sites for hydroxylation is 1. The van der Waals surface area contributed by atoms with E-state index in [2.05, 4.69) is 36.2 Å². The molecule has 152 valence electrons. The minimum absolute atomic E-state index is 0.00409. The van der Waals surface area contributed by atoms with Crippen LogP contribution in [0.3, 0.4) is 0 Å². The van der Waals surface area contributed by atoms with Crippen LogP contribution in [-0.2, 0) is 0 Å². The molecule has 1 heterocycles. The summed E-state index contributed by atoms with van der Waals surface area (Å²) in [6.07, 6.45) is 0. The van der Waals surface area contributed by atoms with Crippen molar-refractivity contribution in [2.45, 2.75) is 26.8 Å². The lowest BCUT2D eigenvalue weighted by atomic mass is 10.0. The molecule has 29 heavy (non-hydrogen) atoms. The molecule has 3 aromatic rings. The van der Waals surface area contributed by atoms with Crippen LogP contribution in [0.15, 0.2) is 57.7 Å². The van der Waals surface area contributed by atoms with E-state index >= 15 is 0 Å². The Morgan fingerprint density at radius 1 is 1.14 bits per heavy atom. The molecule has 0 radical (unpaired) electrons. The van der Waals surface area contributed by atoms with Crippen LogP contribution in [0.1, 0.15) is 41.6 Å². The normalized spacial score (nSPS) is 12.3. The smallest absolute Gasteiger partial charge is 0.287 e. The maximum absolute atomic E-state index is 12.7. The Balaban J connectivity index is 1.85. The zero-order valence-corrected chi connectivity index (χ0v) is 17.6. The van der Waals surface area contributed by atoms with Crippen molar-refractivity contribution in [3.8, 4) is 0 Å². The molecule has 0 unspecified atom stereocenters. The van der Waals surface area contributed by atoms with Crippen molar-refractivity contribution < 1.29 is 9.21 Å². The Morgan fingerprint density at radius 3 is 2.48 bits per heavy atom. The third-order valence-electron chi connectivity index (χ3n) is 5.13. The number of halogens is 1. The fourth-order valence-corrected chi connectivity index (χ4v) is 3.63. The van der Waals surface area contributed by atoms with Gasteiger partial charge in [-0.1, -0.05) is 55.8 Å². The lowest BCUT2D eigenvalue weighted by molar-refractivity contribution is 0.0908. The number of nitrogens with one attached hydrogen (secondary N) is 1. The lowest BCUT2D eigenvalue weighted by Gasteiger charge is -2.30. The molecule has 0 spiro atoms. The molecule has 6 heteroatoms. The monoisotopic (exact) mass is 412 g/mol. The van der Waals surface area contributed by atoms with Gasteiger partial charge in [0.1, 0.15) is 5.58 Å². The van der Waals surface area contributed by atoms with E-state index in [-0.39, 0.29) is 17.2 Å². The molecule has 0 saturated heterocycles. The van der Waals surface area contributed by atoms with Gasteiger partial charge in [-0.3, -0.25) is 14.5 Å². The zero-order valence-electron chi connectivity index (χ0n) is 16.9. The summed E-state index contributed by atoms with van der Waals surface area (Å²) in [6, 6.07) is 14.6. The molecule has 0 aliphatic heterocycles. The molecule has 0 aliphatic rings. The van der Waals surface area contributed by atoms with E-state index in [1.807, 2.05) is 25.1 Å². The molecular weight excluding hydrogens is 388 g/mol. The second-order valence-electron chi connectivity index (χ2n) is 6.93. The highest BCUT2D eigenvalue weighted by atomic mass is 35.5. The van der Waals surface area contributed by atoms with Crippen LogP contribution >= 0.6 is 11.6 Å². The first-order valence-electron chi connectivity index (χ1n) is 9.75. The maximum Gasteiger partial charge on any atom is 0.287 e. The summed E-state index contributed by atoms with van der Waals surface area (Å²) in [5.41, 5.74) is 1.97. The molecule has 1 N–H and O–H groups in total. The largest absolute Gasteiger partial charge is 0.451 e. The number of benzene rings is 2. The first-order chi connectivity index (χ1) is 13.9. The number of hydrogen-bond donors (Lipinski definition) is 1. The highest BCUT2D eigenvalue weighted by Gasteiger charge is 2.20. The van der Waals surface area contributed by atoms with Crippen molar-refractivity contribution in [1.82, 2.24) is 10.2 Å². The van der Waals surface area contributed by atoms with Crippen molar-refractivity contribution in [2.75, 3.05) is 19.6 Å².